The standard InChI is InChI=1S/C24H25NO3/c1-25-20-12-13-21(25)19(15-17-9-5-7-11-23(17)28-3)24(26)18(20)14-16-8-4-6-10-22(16)27-2/h4-11,14-15,20-21H,12-13H2,1-3H3. The summed E-state index contributed by atoms with van der Waals surface area (Å²) >= 11 is 0. The van der Waals surface area contributed by atoms with Gasteiger partial charge in [0, 0.05) is 34.4 Å². The average molecular weight is 375 g/mol. The third kappa shape index (κ3) is 3.14. The van der Waals surface area contributed by atoms with Crippen LogP contribution >= 0.6 is 0 Å². The lowest BCUT2D eigenvalue weighted by atomic mass is 9.88. The fraction of sp³-hybridized carbons (Fsp3) is 0.292. The van der Waals surface area contributed by atoms with E-state index in [1.54, 1.807) is 14.2 Å². The highest BCUT2D eigenvalue weighted by Crippen LogP contribution is 2.41. The lowest BCUT2D eigenvalue weighted by molar-refractivity contribution is -0.114. The maximum absolute atomic E-state index is 13.5. The molecule has 2 fully saturated rings. The summed E-state index contributed by atoms with van der Waals surface area (Å²) in [6.07, 6.45) is 5.97. The van der Waals surface area contributed by atoms with Gasteiger partial charge in [0.05, 0.1) is 14.2 Å². The van der Waals surface area contributed by atoms with Gasteiger partial charge in [-0.1, -0.05) is 36.4 Å². The Hall–Kier alpha value is -2.85. The van der Waals surface area contributed by atoms with Crippen molar-refractivity contribution in [1.29, 1.82) is 0 Å². The molecule has 2 heterocycles. The van der Waals surface area contributed by atoms with Gasteiger partial charge in [0.15, 0.2) is 5.78 Å². The molecule has 2 aliphatic rings. The highest BCUT2D eigenvalue weighted by atomic mass is 16.5. The van der Waals surface area contributed by atoms with Crippen molar-refractivity contribution in [2.24, 2.45) is 0 Å². The Bertz CT molecular complexity index is 884. The third-order valence-corrected chi connectivity index (χ3v) is 5.84. The van der Waals surface area contributed by atoms with Gasteiger partial charge in [-0.3, -0.25) is 9.69 Å². The number of rotatable bonds is 4. The Morgan fingerprint density at radius 1 is 0.821 bits per heavy atom. The molecular weight excluding hydrogens is 350 g/mol. The van der Waals surface area contributed by atoms with E-state index < -0.39 is 0 Å². The van der Waals surface area contributed by atoms with Crippen LogP contribution in [0.3, 0.4) is 0 Å². The number of hydrogen-bond donors (Lipinski definition) is 0. The highest BCUT2D eigenvalue weighted by molar-refractivity contribution is 6.16. The number of nitrogens with zero attached hydrogens (tertiary/aromatic N) is 1. The number of likely N-dealkylation sites (N-methyl/N-ethyl adjacent to an activating group) is 1. The van der Waals surface area contributed by atoms with Crippen molar-refractivity contribution >= 4 is 17.9 Å². The molecule has 0 amide bonds. The highest BCUT2D eigenvalue weighted by Gasteiger charge is 2.44. The monoisotopic (exact) mass is 375 g/mol. The number of fused-ring (bicyclic) bond motifs is 2. The number of hydrogen-bond acceptors (Lipinski definition) is 4. The zero-order valence-electron chi connectivity index (χ0n) is 16.5. The van der Waals surface area contributed by atoms with Crippen LogP contribution < -0.4 is 9.47 Å². The van der Waals surface area contributed by atoms with Crippen LogP contribution in [-0.2, 0) is 4.79 Å². The van der Waals surface area contributed by atoms with Crippen molar-refractivity contribution in [2.45, 2.75) is 24.9 Å². The average Bonchev–Trinajstić information content (AvgIpc) is 3.04. The van der Waals surface area contributed by atoms with Crippen molar-refractivity contribution < 1.29 is 14.3 Å². The zero-order chi connectivity index (χ0) is 19.7. The fourth-order valence-electron chi connectivity index (χ4n) is 4.39. The fourth-order valence-corrected chi connectivity index (χ4v) is 4.39. The topological polar surface area (TPSA) is 38.8 Å². The van der Waals surface area contributed by atoms with Crippen LogP contribution in [0.25, 0.3) is 12.2 Å². The summed E-state index contributed by atoms with van der Waals surface area (Å²) in [5, 5.41) is 0. The molecule has 0 aliphatic carbocycles. The molecule has 4 rings (SSSR count). The van der Waals surface area contributed by atoms with Gasteiger partial charge in [-0.25, -0.2) is 0 Å². The largest absolute Gasteiger partial charge is 0.496 e. The lowest BCUT2D eigenvalue weighted by Crippen LogP contribution is -2.43. The van der Waals surface area contributed by atoms with E-state index in [1.807, 2.05) is 60.7 Å². The Kier molecular flexibility index (Phi) is 5.05. The molecule has 2 aliphatic heterocycles. The number of carbonyl (C=O) groups is 1. The summed E-state index contributed by atoms with van der Waals surface area (Å²) in [6, 6.07) is 15.9. The summed E-state index contributed by atoms with van der Waals surface area (Å²) in [5.74, 6) is 1.68. The van der Waals surface area contributed by atoms with Gasteiger partial charge >= 0.3 is 0 Å². The maximum atomic E-state index is 13.5. The summed E-state index contributed by atoms with van der Waals surface area (Å²) < 4.78 is 11.0. The molecule has 0 saturated carbocycles. The molecule has 0 N–H and O–H groups in total. The molecule has 2 aromatic carbocycles. The Labute approximate surface area is 166 Å². The first-order valence-electron chi connectivity index (χ1n) is 9.60. The molecule has 2 unspecified atom stereocenters. The summed E-state index contributed by atoms with van der Waals surface area (Å²) in [7, 11) is 5.43. The molecule has 0 radical (unpaired) electrons. The molecule has 4 nitrogen and oxygen atoms in total. The van der Waals surface area contributed by atoms with E-state index in [4.69, 9.17) is 9.47 Å². The molecule has 2 bridgehead atoms. The first-order chi connectivity index (χ1) is 13.6. The van der Waals surface area contributed by atoms with Crippen LogP contribution in [0, 0.1) is 0 Å². The Morgan fingerprint density at radius 2 is 1.25 bits per heavy atom. The minimum atomic E-state index is 0.127. The first kappa shape index (κ1) is 18.5. The minimum Gasteiger partial charge on any atom is -0.496 e. The van der Waals surface area contributed by atoms with Crippen LogP contribution in [0.5, 0.6) is 11.5 Å². The van der Waals surface area contributed by atoms with Crippen LogP contribution in [0.1, 0.15) is 24.0 Å². The van der Waals surface area contributed by atoms with E-state index in [0.717, 1.165) is 46.6 Å². The second-order valence-electron chi connectivity index (χ2n) is 7.29. The summed E-state index contributed by atoms with van der Waals surface area (Å²) in [5.41, 5.74) is 3.54. The summed E-state index contributed by atoms with van der Waals surface area (Å²) in [6.45, 7) is 0. The van der Waals surface area contributed by atoms with E-state index in [2.05, 4.69) is 11.9 Å². The van der Waals surface area contributed by atoms with Crippen molar-refractivity contribution in [2.75, 3.05) is 21.3 Å². The number of methoxy groups -OCH3 is 2. The number of Topliss-reactive ketones (excluding diaryl/α,β-unsaturated/α-hetero) is 1. The van der Waals surface area contributed by atoms with E-state index in [-0.39, 0.29) is 17.9 Å². The maximum Gasteiger partial charge on any atom is 0.188 e. The number of ketones is 1. The number of para-hydroxylation sites is 2. The minimum absolute atomic E-state index is 0.127. The normalized spacial score (nSPS) is 24.8. The molecule has 2 atom stereocenters. The number of carbonyl (C=O) groups excluding carboxylic acids is 1. The predicted molar refractivity (Wildman–Crippen MR) is 112 cm³/mol. The number of benzene rings is 2. The Morgan fingerprint density at radius 3 is 1.68 bits per heavy atom. The van der Waals surface area contributed by atoms with Gasteiger partial charge < -0.3 is 9.47 Å². The second kappa shape index (κ2) is 7.64. The number of piperidine rings is 1. The molecular formula is C24H25NO3. The van der Waals surface area contributed by atoms with Crippen molar-refractivity contribution in [1.82, 2.24) is 4.90 Å². The van der Waals surface area contributed by atoms with Crippen molar-refractivity contribution in [3.8, 4) is 11.5 Å². The van der Waals surface area contributed by atoms with Crippen LogP contribution in [0.4, 0.5) is 0 Å². The first-order valence-corrected chi connectivity index (χ1v) is 9.60. The Balaban J connectivity index is 1.81. The lowest BCUT2D eigenvalue weighted by Gasteiger charge is -2.34. The summed E-state index contributed by atoms with van der Waals surface area (Å²) in [4.78, 5) is 15.8. The van der Waals surface area contributed by atoms with Crippen molar-refractivity contribution in [3.63, 3.8) is 0 Å². The zero-order valence-corrected chi connectivity index (χ0v) is 16.5. The smallest absolute Gasteiger partial charge is 0.188 e. The molecule has 4 heteroatoms. The van der Waals surface area contributed by atoms with E-state index in [1.165, 1.54) is 0 Å². The van der Waals surface area contributed by atoms with Crippen molar-refractivity contribution in [3.05, 3.63) is 70.8 Å². The van der Waals surface area contributed by atoms with E-state index >= 15 is 0 Å². The van der Waals surface area contributed by atoms with Crippen LogP contribution in [0.2, 0.25) is 0 Å². The quantitative estimate of drug-likeness (QED) is 0.750. The van der Waals surface area contributed by atoms with Crippen LogP contribution in [0.15, 0.2) is 59.7 Å². The third-order valence-electron chi connectivity index (χ3n) is 5.84. The molecule has 28 heavy (non-hydrogen) atoms. The number of ether oxygens (including phenoxy) is 2. The van der Waals surface area contributed by atoms with Gasteiger partial charge in [0.2, 0.25) is 0 Å². The van der Waals surface area contributed by atoms with Gasteiger partial charge in [-0.15, -0.1) is 0 Å². The molecule has 0 spiro atoms. The van der Waals surface area contributed by atoms with Gasteiger partial charge in [0.25, 0.3) is 0 Å². The van der Waals surface area contributed by atoms with Gasteiger partial charge in [-0.05, 0) is 44.2 Å². The molecule has 144 valence electrons. The van der Waals surface area contributed by atoms with Gasteiger partial charge in [-0.2, -0.15) is 0 Å². The second-order valence-corrected chi connectivity index (χ2v) is 7.29. The molecule has 0 aromatic heterocycles. The SMILES string of the molecule is COc1ccccc1C=C1C(=O)C(=Cc2ccccc2OC)C2CCC1N2C. The van der Waals surface area contributed by atoms with Gasteiger partial charge in [0.1, 0.15) is 11.5 Å². The predicted octanol–water partition coefficient (Wildman–Crippen LogP) is 4.22. The van der Waals surface area contributed by atoms with E-state index in [0.29, 0.717) is 0 Å². The molecule has 2 saturated heterocycles. The van der Waals surface area contributed by atoms with E-state index in [9.17, 15) is 4.79 Å². The van der Waals surface area contributed by atoms with Crippen LogP contribution in [-0.4, -0.2) is 44.0 Å². The molecule has 2 aromatic rings.